The van der Waals surface area contributed by atoms with Crippen LogP contribution in [0.2, 0.25) is 0 Å². The fraction of sp³-hybridized carbons (Fsp3) is 0.300. The summed E-state index contributed by atoms with van der Waals surface area (Å²) in [4.78, 5) is 11.2. The minimum Gasteiger partial charge on any atom is -0.468 e. The highest BCUT2D eigenvalue weighted by atomic mass is 16.6. The molecule has 4 nitrogen and oxygen atoms in total. The van der Waals surface area contributed by atoms with Crippen molar-refractivity contribution in [1.82, 2.24) is 0 Å². The summed E-state index contributed by atoms with van der Waals surface area (Å²) in [7, 11) is 0. The number of rotatable bonds is 4. The molecule has 0 spiro atoms. The van der Waals surface area contributed by atoms with Gasteiger partial charge in [-0.2, -0.15) is 0 Å². The average molecular weight is 196 g/mol. The highest BCUT2D eigenvalue weighted by Gasteiger charge is 2.05. The third-order valence-electron chi connectivity index (χ3n) is 1.60. The van der Waals surface area contributed by atoms with Crippen LogP contribution in [0.25, 0.3) is 0 Å². The van der Waals surface area contributed by atoms with Crippen molar-refractivity contribution in [2.24, 2.45) is 0 Å². The van der Waals surface area contributed by atoms with Gasteiger partial charge in [0.1, 0.15) is 5.75 Å². The van der Waals surface area contributed by atoms with E-state index in [1.807, 2.05) is 0 Å². The van der Waals surface area contributed by atoms with Crippen LogP contribution in [0, 0.1) is 0 Å². The SMILES string of the molecule is CCOC(=O)c1ccc(OCO)cc1. The second-order valence-corrected chi connectivity index (χ2v) is 2.52. The second kappa shape index (κ2) is 5.24. The van der Waals surface area contributed by atoms with Gasteiger partial charge in [-0.1, -0.05) is 0 Å². The minimum atomic E-state index is -0.376. The van der Waals surface area contributed by atoms with Crippen LogP contribution in [0.1, 0.15) is 17.3 Å². The van der Waals surface area contributed by atoms with Crippen molar-refractivity contribution in [3.63, 3.8) is 0 Å². The van der Waals surface area contributed by atoms with Gasteiger partial charge in [0.05, 0.1) is 12.2 Å². The number of ether oxygens (including phenoxy) is 2. The monoisotopic (exact) mass is 196 g/mol. The summed E-state index contributed by atoms with van der Waals surface area (Å²) in [5.74, 6) is 0.156. The number of aliphatic hydroxyl groups is 1. The molecule has 4 heteroatoms. The molecular weight excluding hydrogens is 184 g/mol. The lowest BCUT2D eigenvalue weighted by Gasteiger charge is -2.03. The lowest BCUT2D eigenvalue weighted by atomic mass is 10.2. The van der Waals surface area contributed by atoms with E-state index in [2.05, 4.69) is 0 Å². The van der Waals surface area contributed by atoms with Gasteiger partial charge in [-0.15, -0.1) is 0 Å². The van der Waals surface area contributed by atoms with E-state index in [0.29, 0.717) is 17.9 Å². The fourth-order valence-corrected chi connectivity index (χ4v) is 0.976. The summed E-state index contributed by atoms with van der Waals surface area (Å²) in [6, 6.07) is 6.37. The van der Waals surface area contributed by atoms with E-state index in [9.17, 15) is 4.79 Å². The van der Waals surface area contributed by atoms with Gasteiger partial charge in [-0.05, 0) is 31.2 Å². The summed E-state index contributed by atoms with van der Waals surface area (Å²) in [5.41, 5.74) is 0.470. The van der Waals surface area contributed by atoms with Crippen LogP contribution in [0.3, 0.4) is 0 Å². The van der Waals surface area contributed by atoms with E-state index >= 15 is 0 Å². The summed E-state index contributed by atoms with van der Waals surface area (Å²) in [5, 5.41) is 8.47. The first-order valence-electron chi connectivity index (χ1n) is 4.28. The zero-order chi connectivity index (χ0) is 10.4. The highest BCUT2D eigenvalue weighted by molar-refractivity contribution is 5.89. The van der Waals surface area contributed by atoms with Gasteiger partial charge in [0.2, 0.25) is 0 Å². The molecule has 0 saturated heterocycles. The van der Waals surface area contributed by atoms with Crippen LogP contribution < -0.4 is 4.74 Å². The molecule has 1 N–H and O–H groups in total. The van der Waals surface area contributed by atoms with Crippen LogP contribution >= 0.6 is 0 Å². The molecule has 0 aliphatic heterocycles. The van der Waals surface area contributed by atoms with Crippen LogP contribution in [-0.4, -0.2) is 24.5 Å². The molecule has 0 aliphatic carbocycles. The predicted octanol–water partition coefficient (Wildman–Crippen LogP) is 1.19. The highest BCUT2D eigenvalue weighted by Crippen LogP contribution is 2.12. The smallest absolute Gasteiger partial charge is 0.338 e. The Kier molecular flexibility index (Phi) is 3.94. The van der Waals surface area contributed by atoms with Crippen molar-refractivity contribution in [3.05, 3.63) is 29.8 Å². The Labute approximate surface area is 82.1 Å². The third kappa shape index (κ3) is 2.74. The number of benzene rings is 1. The molecule has 1 aromatic carbocycles. The van der Waals surface area contributed by atoms with Crippen LogP contribution in [0.5, 0.6) is 5.75 Å². The second-order valence-electron chi connectivity index (χ2n) is 2.52. The Bertz CT molecular complexity index is 291. The Morgan fingerprint density at radius 1 is 1.36 bits per heavy atom. The quantitative estimate of drug-likeness (QED) is 0.580. The molecule has 0 atom stereocenters. The van der Waals surface area contributed by atoms with E-state index in [1.165, 1.54) is 0 Å². The molecule has 1 rings (SSSR count). The number of hydrogen-bond acceptors (Lipinski definition) is 4. The van der Waals surface area contributed by atoms with Crippen molar-refractivity contribution >= 4 is 5.97 Å². The van der Waals surface area contributed by atoms with Crippen molar-refractivity contribution < 1.29 is 19.4 Å². The van der Waals surface area contributed by atoms with Crippen LogP contribution in [0.15, 0.2) is 24.3 Å². The standard InChI is InChI=1S/C10H12O4/c1-2-13-10(12)8-3-5-9(6-4-8)14-7-11/h3-6,11H,2,7H2,1H3. The molecule has 0 radical (unpaired) electrons. The first-order chi connectivity index (χ1) is 6.77. The van der Waals surface area contributed by atoms with Gasteiger partial charge in [0.15, 0.2) is 6.79 Å². The van der Waals surface area contributed by atoms with E-state index in [0.717, 1.165) is 0 Å². The van der Waals surface area contributed by atoms with E-state index < -0.39 is 0 Å². The molecule has 76 valence electrons. The predicted molar refractivity (Wildman–Crippen MR) is 50.1 cm³/mol. The zero-order valence-electron chi connectivity index (χ0n) is 7.90. The third-order valence-corrected chi connectivity index (χ3v) is 1.60. The van der Waals surface area contributed by atoms with Gasteiger partial charge in [-0.3, -0.25) is 0 Å². The number of carbonyl (C=O) groups excluding carboxylic acids is 1. The van der Waals surface area contributed by atoms with Crippen molar-refractivity contribution in [2.45, 2.75) is 6.92 Å². The summed E-state index contributed by atoms with van der Waals surface area (Å²) >= 11 is 0. The largest absolute Gasteiger partial charge is 0.468 e. The van der Waals surface area contributed by atoms with Crippen molar-refractivity contribution in [2.75, 3.05) is 13.4 Å². The fourth-order valence-electron chi connectivity index (χ4n) is 0.976. The summed E-state index contributed by atoms with van der Waals surface area (Å²) in [6.07, 6.45) is 0. The van der Waals surface area contributed by atoms with Gasteiger partial charge in [0, 0.05) is 0 Å². The Balaban J connectivity index is 2.67. The van der Waals surface area contributed by atoms with E-state index in [4.69, 9.17) is 14.6 Å². The minimum absolute atomic E-state index is 0.355. The molecular formula is C10H12O4. The molecule has 0 aliphatic rings. The lowest BCUT2D eigenvalue weighted by molar-refractivity contribution is 0.0526. The molecule has 0 unspecified atom stereocenters. The Hall–Kier alpha value is -1.55. The maximum absolute atomic E-state index is 11.2. The first kappa shape index (κ1) is 10.5. The van der Waals surface area contributed by atoms with Crippen LogP contribution in [0.4, 0.5) is 0 Å². The zero-order valence-corrected chi connectivity index (χ0v) is 7.90. The number of carbonyl (C=O) groups is 1. The average Bonchev–Trinajstić information content (AvgIpc) is 2.20. The Morgan fingerprint density at radius 3 is 2.50 bits per heavy atom. The first-order valence-corrected chi connectivity index (χ1v) is 4.28. The van der Waals surface area contributed by atoms with Gasteiger partial charge >= 0.3 is 5.97 Å². The van der Waals surface area contributed by atoms with Crippen LogP contribution in [-0.2, 0) is 4.74 Å². The lowest BCUT2D eigenvalue weighted by Crippen LogP contribution is -2.04. The van der Waals surface area contributed by atoms with Gasteiger partial charge in [0.25, 0.3) is 0 Å². The maximum atomic E-state index is 11.2. The number of hydrogen-bond donors (Lipinski definition) is 1. The Morgan fingerprint density at radius 2 is 2.00 bits per heavy atom. The normalized spacial score (nSPS) is 9.57. The molecule has 1 aromatic rings. The molecule has 14 heavy (non-hydrogen) atoms. The van der Waals surface area contributed by atoms with Crippen molar-refractivity contribution in [1.29, 1.82) is 0 Å². The van der Waals surface area contributed by atoms with Crippen molar-refractivity contribution in [3.8, 4) is 5.75 Å². The molecule has 0 amide bonds. The van der Waals surface area contributed by atoms with E-state index in [1.54, 1.807) is 31.2 Å². The molecule has 0 heterocycles. The maximum Gasteiger partial charge on any atom is 0.338 e. The van der Waals surface area contributed by atoms with Gasteiger partial charge in [-0.25, -0.2) is 4.79 Å². The van der Waals surface area contributed by atoms with E-state index in [-0.39, 0.29) is 12.8 Å². The number of aliphatic hydroxyl groups excluding tert-OH is 1. The topological polar surface area (TPSA) is 55.8 Å². The molecule has 0 aromatic heterocycles. The van der Waals surface area contributed by atoms with Gasteiger partial charge < -0.3 is 14.6 Å². The molecule has 0 fully saturated rings. The number of esters is 1. The summed E-state index contributed by atoms with van der Waals surface area (Å²) < 4.78 is 9.60. The summed E-state index contributed by atoms with van der Waals surface area (Å²) in [6.45, 7) is 1.73. The molecule has 0 saturated carbocycles. The molecule has 0 bridgehead atoms.